The molecule has 0 bridgehead atoms. The lowest BCUT2D eigenvalue weighted by molar-refractivity contribution is 0.180. The van der Waals surface area contributed by atoms with Crippen LogP contribution in [0.4, 0.5) is 0 Å². The second-order valence-electron chi connectivity index (χ2n) is 4.34. The molecule has 0 aromatic heterocycles. The van der Waals surface area contributed by atoms with Gasteiger partial charge < -0.3 is 9.47 Å². The molecule has 0 heterocycles. The molecule has 0 amide bonds. The predicted octanol–water partition coefficient (Wildman–Crippen LogP) is 1.71. The van der Waals surface area contributed by atoms with Gasteiger partial charge in [0.05, 0.1) is 18.1 Å². The molecule has 5 nitrogen and oxygen atoms in total. The molecule has 0 aliphatic rings. The van der Waals surface area contributed by atoms with Crippen molar-refractivity contribution in [1.29, 1.82) is 0 Å². The molecule has 1 aromatic carbocycles. The number of nitrogens with one attached hydrogen (secondary N) is 1. The molecule has 0 spiro atoms. The largest absolute Gasteiger partial charge is 0.494 e. The Kier molecular flexibility index (Phi) is 5.78. The van der Waals surface area contributed by atoms with Gasteiger partial charge in [0.25, 0.3) is 0 Å². The summed E-state index contributed by atoms with van der Waals surface area (Å²) in [5.74, 6) is 0.700. The van der Waals surface area contributed by atoms with Crippen molar-refractivity contribution < 1.29 is 17.9 Å². The monoisotopic (exact) mass is 287 g/mol. The van der Waals surface area contributed by atoms with E-state index in [4.69, 9.17) is 9.47 Å². The van der Waals surface area contributed by atoms with Crippen LogP contribution in [0.5, 0.6) is 5.75 Å². The van der Waals surface area contributed by atoms with Gasteiger partial charge in [0, 0.05) is 13.2 Å². The highest BCUT2D eigenvalue weighted by Crippen LogP contribution is 2.21. The van der Waals surface area contributed by atoms with E-state index in [0.717, 1.165) is 5.56 Å². The van der Waals surface area contributed by atoms with Gasteiger partial charge in [-0.25, -0.2) is 13.1 Å². The molecule has 6 heteroatoms. The molecular formula is C13H21NO4S. The summed E-state index contributed by atoms with van der Waals surface area (Å²) in [6.45, 7) is 6.34. The Morgan fingerprint density at radius 3 is 2.58 bits per heavy atom. The predicted molar refractivity (Wildman–Crippen MR) is 74.0 cm³/mol. The van der Waals surface area contributed by atoms with Crippen molar-refractivity contribution in [3.63, 3.8) is 0 Å². The van der Waals surface area contributed by atoms with Crippen LogP contribution in [0.15, 0.2) is 23.1 Å². The van der Waals surface area contributed by atoms with Gasteiger partial charge in [0.2, 0.25) is 10.0 Å². The van der Waals surface area contributed by atoms with E-state index in [0.29, 0.717) is 19.0 Å². The first kappa shape index (κ1) is 15.9. The van der Waals surface area contributed by atoms with E-state index in [-0.39, 0.29) is 10.9 Å². The molecule has 0 unspecified atom stereocenters. The van der Waals surface area contributed by atoms with E-state index in [1.54, 1.807) is 25.1 Å². The standard InChI is InChI=1S/C13H21NO4S/c1-5-18-13-7-6-12(8-10(13)2)19(15,16)14-11(3)9-17-4/h6-8,11,14H,5,9H2,1-4H3/t11-/m1/s1. The van der Waals surface area contributed by atoms with Crippen LogP contribution in [-0.2, 0) is 14.8 Å². The third-order valence-electron chi connectivity index (χ3n) is 2.53. The number of sulfonamides is 1. The topological polar surface area (TPSA) is 64.6 Å². The van der Waals surface area contributed by atoms with Crippen LogP contribution in [0, 0.1) is 6.92 Å². The first-order valence-corrected chi connectivity index (χ1v) is 7.63. The normalized spacial score (nSPS) is 13.3. The van der Waals surface area contributed by atoms with E-state index in [9.17, 15) is 8.42 Å². The average Bonchev–Trinajstić information content (AvgIpc) is 2.31. The minimum atomic E-state index is -3.52. The van der Waals surface area contributed by atoms with Crippen molar-refractivity contribution in [2.24, 2.45) is 0 Å². The maximum atomic E-state index is 12.1. The van der Waals surface area contributed by atoms with Gasteiger partial charge in [-0.3, -0.25) is 0 Å². The van der Waals surface area contributed by atoms with Crippen LogP contribution < -0.4 is 9.46 Å². The summed E-state index contributed by atoms with van der Waals surface area (Å²) < 4.78 is 37.1. The number of hydrogen-bond acceptors (Lipinski definition) is 4. The molecular weight excluding hydrogens is 266 g/mol. The van der Waals surface area contributed by atoms with E-state index < -0.39 is 10.0 Å². The van der Waals surface area contributed by atoms with Crippen LogP contribution in [0.25, 0.3) is 0 Å². The fraction of sp³-hybridized carbons (Fsp3) is 0.538. The van der Waals surface area contributed by atoms with E-state index in [1.807, 2.05) is 13.8 Å². The van der Waals surface area contributed by atoms with Crippen LogP contribution in [-0.4, -0.2) is 34.8 Å². The Morgan fingerprint density at radius 2 is 2.05 bits per heavy atom. The summed E-state index contributed by atoms with van der Waals surface area (Å²) in [5.41, 5.74) is 0.795. The zero-order chi connectivity index (χ0) is 14.5. The Morgan fingerprint density at radius 1 is 1.37 bits per heavy atom. The highest BCUT2D eigenvalue weighted by atomic mass is 32.2. The number of benzene rings is 1. The van der Waals surface area contributed by atoms with E-state index in [2.05, 4.69) is 4.72 Å². The van der Waals surface area contributed by atoms with Crippen LogP contribution in [0.2, 0.25) is 0 Å². The van der Waals surface area contributed by atoms with Crippen LogP contribution >= 0.6 is 0 Å². The van der Waals surface area contributed by atoms with Crippen molar-refractivity contribution in [1.82, 2.24) is 4.72 Å². The molecule has 108 valence electrons. The number of hydrogen-bond donors (Lipinski definition) is 1. The molecule has 0 radical (unpaired) electrons. The number of rotatable bonds is 7. The molecule has 0 aliphatic heterocycles. The van der Waals surface area contributed by atoms with Gasteiger partial charge in [0.15, 0.2) is 0 Å². The lowest BCUT2D eigenvalue weighted by atomic mass is 10.2. The van der Waals surface area contributed by atoms with Crippen molar-refractivity contribution >= 4 is 10.0 Å². The summed E-state index contributed by atoms with van der Waals surface area (Å²) in [5, 5.41) is 0. The number of methoxy groups -OCH3 is 1. The molecule has 1 N–H and O–H groups in total. The Balaban J connectivity index is 2.93. The Labute approximate surface area is 115 Å². The first-order valence-electron chi connectivity index (χ1n) is 6.15. The van der Waals surface area contributed by atoms with Gasteiger partial charge in [0.1, 0.15) is 5.75 Å². The molecule has 0 saturated heterocycles. The third-order valence-corrected chi connectivity index (χ3v) is 4.12. The zero-order valence-corrected chi connectivity index (χ0v) is 12.6. The molecule has 1 rings (SSSR count). The zero-order valence-electron chi connectivity index (χ0n) is 11.8. The quantitative estimate of drug-likeness (QED) is 0.829. The molecule has 0 fully saturated rings. The second-order valence-corrected chi connectivity index (χ2v) is 6.05. The van der Waals surface area contributed by atoms with E-state index >= 15 is 0 Å². The molecule has 0 aliphatic carbocycles. The molecule has 19 heavy (non-hydrogen) atoms. The highest BCUT2D eigenvalue weighted by molar-refractivity contribution is 7.89. The molecule has 0 saturated carbocycles. The maximum Gasteiger partial charge on any atom is 0.240 e. The summed E-state index contributed by atoms with van der Waals surface area (Å²) in [4.78, 5) is 0.233. The minimum Gasteiger partial charge on any atom is -0.494 e. The third kappa shape index (κ3) is 4.49. The number of ether oxygens (including phenoxy) is 2. The smallest absolute Gasteiger partial charge is 0.240 e. The maximum absolute atomic E-state index is 12.1. The number of aryl methyl sites for hydroxylation is 1. The van der Waals surface area contributed by atoms with Gasteiger partial charge in [-0.1, -0.05) is 0 Å². The van der Waals surface area contributed by atoms with Crippen molar-refractivity contribution in [2.45, 2.75) is 31.7 Å². The lowest BCUT2D eigenvalue weighted by Crippen LogP contribution is -2.35. The van der Waals surface area contributed by atoms with Crippen LogP contribution in [0.3, 0.4) is 0 Å². The lowest BCUT2D eigenvalue weighted by Gasteiger charge is -2.14. The van der Waals surface area contributed by atoms with Gasteiger partial charge >= 0.3 is 0 Å². The minimum absolute atomic E-state index is 0.233. The summed E-state index contributed by atoms with van der Waals surface area (Å²) in [6, 6.07) is 4.54. The Bertz CT molecular complexity index is 513. The summed E-state index contributed by atoms with van der Waals surface area (Å²) >= 11 is 0. The molecule has 1 aromatic rings. The fourth-order valence-electron chi connectivity index (χ4n) is 1.72. The summed E-state index contributed by atoms with van der Waals surface area (Å²) in [6.07, 6.45) is 0. The average molecular weight is 287 g/mol. The van der Waals surface area contributed by atoms with Crippen molar-refractivity contribution in [3.8, 4) is 5.75 Å². The van der Waals surface area contributed by atoms with Crippen molar-refractivity contribution in [2.75, 3.05) is 20.3 Å². The summed E-state index contributed by atoms with van der Waals surface area (Å²) in [7, 11) is -1.99. The SMILES string of the molecule is CCOc1ccc(S(=O)(=O)N[C@H](C)COC)cc1C. The van der Waals surface area contributed by atoms with Gasteiger partial charge in [-0.15, -0.1) is 0 Å². The first-order chi connectivity index (χ1) is 8.90. The highest BCUT2D eigenvalue weighted by Gasteiger charge is 2.18. The van der Waals surface area contributed by atoms with Crippen molar-refractivity contribution in [3.05, 3.63) is 23.8 Å². The fourth-order valence-corrected chi connectivity index (χ4v) is 3.04. The Hall–Kier alpha value is -1.11. The van der Waals surface area contributed by atoms with Gasteiger partial charge in [-0.2, -0.15) is 0 Å². The molecule has 1 atom stereocenters. The second kappa shape index (κ2) is 6.88. The van der Waals surface area contributed by atoms with Gasteiger partial charge in [-0.05, 0) is 44.5 Å². The van der Waals surface area contributed by atoms with E-state index in [1.165, 1.54) is 7.11 Å². The van der Waals surface area contributed by atoms with Crippen LogP contribution in [0.1, 0.15) is 19.4 Å².